The highest BCUT2D eigenvalue weighted by Gasteiger charge is 2.25. The van der Waals surface area contributed by atoms with Crippen LogP contribution in [0.4, 0.5) is 0 Å². The highest BCUT2D eigenvalue weighted by atomic mass is 16.5. The van der Waals surface area contributed by atoms with E-state index in [1.54, 1.807) is 25.3 Å². The lowest BCUT2D eigenvalue weighted by molar-refractivity contribution is 0.0915. The summed E-state index contributed by atoms with van der Waals surface area (Å²) >= 11 is 0. The van der Waals surface area contributed by atoms with Gasteiger partial charge < -0.3 is 15.2 Å². The molecule has 1 aliphatic carbocycles. The first-order valence-corrected chi connectivity index (χ1v) is 6.76. The van der Waals surface area contributed by atoms with Gasteiger partial charge >= 0.3 is 0 Å². The van der Waals surface area contributed by atoms with E-state index >= 15 is 0 Å². The second-order valence-electron chi connectivity index (χ2n) is 4.88. The van der Waals surface area contributed by atoms with E-state index in [0.29, 0.717) is 5.56 Å². The van der Waals surface area contributed by atoms with E-state index in [2.05, 4.69) is 17.2 Å². The average molecular weight is 273 g/mol. The van der Waals surface area contributed by atoms with Crippen LogP contribution in [-0.4, -0.2) is 36.9 Å². The highest BCUT2D eigenvalue weighted by molar-refractivity contribution is 5.94. The summed E-state index contributed by atoms with van der Waals surface area (Å²) in [4.78, 5) is 12.2. The molecule has 0 aliphatic heterocycles. The van der Waals surface area contributed by atoms with Crippen LogP contribution in [0.15, 0.2) is 24.3 Å². The highest BCUT2D eigenvalue weighted by Crippen LogP contribution is 2.21. The van der Waals surface area contributed by atoms with E-state index in [9.17, 15) is 4.79 Å². The van der Waals surface area contributed by atoms with Crippen LogP contribution in [0.5, 0.6) is 0 Å². The van der Waals surface area contributed by atoms with Gasteiger partial charge in [-0.25, -0.2) is 0 Å². The number of aliphatic hydroxyl groups is 1. The minimum Gasteiger partial charge on any atom is -0.384 e. The third-order valence-corrected chi connectivity index (χ3v) is 3.49. The van der Waals surface area contributed by atoms with Crippen molar-refractivity contribution in [3.63, 3.8) is 0 Å². The number of aliphatic hydroxyl groups excluding tert-OH is 1. The maximum absolute atomic E-state index is 12.2. The summed E-state index contributed by atoms with van der Waals surface area (Å²) in [6.45, 7) is -0.184. The molecule has 1 saturated carbocycles. The lowest BCUT2D eigenvalue weighted by atomic mass is 10.1. The van der Waals surface area contributed by atoms with Gasteiger partial charge in [0, 0.05) is 24.3 Å². The molecule has 106 valence electrons. The topological polar surface area (TPSA) is 58.6 Å². The van der Waals surface area contributed by atoms with Crippen LogP contribution >= 0.6 is 0 Å². The molecule has 1 aromatic rings. The quantitative estimate of drug-likeness (QED) is 0.817. The second-order valence-corrected chi connectivity index (χ2v) is 4.88. The Balaban J connectivity index is 1.99. The van der Waals surface area contributed by atoms with Gasteiger partial charge in [-0.15, -0.1) is 0 Å². The molecule has 0 saturated heterocycles. The van der Waals surface area contributed by atoms with Crippen LogP contribution in [0.2, 0.25) is 0 Å². The fraction of sp³-hybridized carbons (Fsp3) is 0.438. The Bertz CT molecular complexity index is 530. The lowest BCUT2D eigenvalue weighted by Gasteiger charge is -2.13. The summed E-state index contributed by atoms with van der Waals surface area (Å²) in [6, 6.07) is 7.29. The smallest absolute Gasteiger partial charge is 0.251 e. The maximum Gasteiger partial charge on any atom is 0.251 e. The Morgan fingerprint density at radius 2 is 2.35 bits per heavy atom. The van der Waals surface area contributed by atoms with E-state index in [0.717, 1.165) is 24.8 Å². The Hall–Kier alpha value is -1.83. The number of rotatable bonds is 3. The zero-order valence-electron chi connectivity index (χ0n) is 11.6. The molecular weight excluding hydrogens is 254 g/mol. The van der Waals surface area contributed by atoms with E-state index in [4.69, 9.17) is 9.84 Å². The molecule has 0 radical (unpaired) electrons. The zero-order chi connectivity index (χ0) is 14.4. The fourth-order valence-corrected chi connectivity index (χ4v) is 2.43. The van der Waals surface area contributed by atoms with Gasteiger partial charge in [0.05, 0.1) is 6.10 Å². The number of hydrogen-bond donors (Lipinski definition) is 2. The van der Waals surface area contributed by atoms with Gasteiger partial charge in [-0.1, -0.05) is 17.9 Å². The SMILES string of the molecule is COC1CCC(NC(=O)c2cccc(C#CCO)c2)C1. The number of benzene rings is 1. The minimum absolute atomic E-state index is 0.0839. The molecule has 1 amide bonds. The molecule has 2 rings (SSSR count). The maximum atomic E-state index is 12.2. The molecule has 0 heterocycles. The molecule has 0 aromatic heterocycles. The van der Waals surface area contributed by atoms with Crippen LogP contribution in [0.3, 0.4) is 0 Å². The summed E-state index contributed by atoms with van der Waals surface area (Å²) in [5.41, 5.74) is 1.32. The molecular formula is C16H19NO3. The van der Waals surface area contributed by atoms with E-state index in [-0.39, 0.29) is 24.7 Å². The Kier molecular flexibility index (Phi) is 5.16. The van der Waals surface area contributed by atoms with Crippen molar-refractivity contribution in [3.05, 3.63) is 35.4 Å². The molecule has 0 bridgehead atoms. The van der Waals surface area contributed by atoms with Gasteiger partial charge in [0.1, 0.15) is 6.61 Å². The van der Waals surface area contributed by atoms with Crippen molar-refractivity contribution < 1.29 is 14.6 Å². The van der Waals surface area contributed by atoms with Crippen molar-refractivity contribution in [1.82, 2.24) is 5.32 Å². The van der Waals surface area contributed by atoms with Gasteiger partial charge in [-0.05, 0) is 37.5 Å². The third-order valence-electron chi connectivity index (χ3n) is 3.49. The fourth-order valence-electron chi connectivity index (χ4n) is 2.43. The first kappa shape index (κ1) is 14.6. The number of carbonyl (C=O) groups excluding carboxylic acids is 1. The predicted octanol–water partition coefficient (Wildman–Crippen LogP) is 1.33. The normalized spacial score (nSPS) is 21.1. The standard InChI is InChI=1S/C16H19NO3/c1-20-15-8-7-14(11-15)17-16(19)13-6-2-4-12(10-13)5-3-9-18/h2,4,6,10,14-15,18H,7-9,11H2,1H3,(H,17,19). The van der Waals surface area contributed by atoms with E-state index < -0.39 is 0 Å². The monoisotopic (exact) mass is 273 g/mol. The van der Waals surface area contributed by atoms with Crippen molar-refractivity contribution >= 4 is 5.91 Å². The second kappa shape index (κ2) is 7.09. The molecule has 2 unspecified atom stereocenters. The zero-order valence-corrected chi connectivity index (χ0v) is 11.6. The van der Waals surface area contributed by atoms with Gasteiger partial charge in [-0.3, -0.25) is 4.79 Å². The molecule has 0 spiro atoms. The molecule has 4 heteroatoms. The molecule has 4 nitrogen and oxygen atoms in total. The van der Waals surface area contributed by atoms with Crippen molar-refractivity contribution in [2.45, 2.75) is 31.4 Å². The summed E-state index contributed by atoms with van der Waals surface area (Å²) in [6.07, 6.45) is 3.06. The van der Waals surface area contributed by atoms with Gasteiger partial charge in [0.2, 0.25) is 0 Å². The Labute approximate surface area is 119 Å². The number of nitrogens with one attached hydrogen (secondary N) is 1. The summed E-state index contributed by atoms with van der Waals surface area (Å²) in [5.74, 6) is 5.29. The minimum atomic E-state index is -0.184. The summed E-state index contributed by atoms with van der Waals surface area (Å²) in [5, 5.41) is 11.7. The first-order chi connectivity index (χ1) is 9.72. The number of carbonyl (C=O) groups is 1. The number of methoxy groups -OCH3 is 1. The third kappa shape index (κ3) is 3.83. The number of ether oxygens (including phenoxy) is 1. The molecule has 2 N–H and O–H groups in total. The molecule has 1 fully saturated rings. The van der Waals surface area contributed by atoms with Crippen molar-refractivity contribution in [3.8, 4) is 11.8 Å². The summed E-state index contributed by atoms with van der Waals surface area (Å²) in [7, 11) is 1.71. The Morgan fingerprint density at radius 1 is 1.50 bits per heavy atom. The first-order valence-electron chi connectivity index (χ1n) is 6.76. The average Bonchev–Trinajstić information content (AvgIpc) is 2.93. The molecule has 1 aliphatic rings. The largest absolute Gasteiger partial charge is 0.384 e. The van der Waals surface area contributed by atoms with Crippen molar-refractivity contribution in [2.24, 2.45) is 0 Å². The van der Waals surface area contributed by atoms with Crippen molar-refractivity contribution in [2.75, 3.05) is 13.7 Å². The van der Waals surface area contributed by atoms with Crippen LogP contribution in [0.1, 0.15) is 35.2 Å². The lowest BCUT2D eigenvalue weighted by Crippen LogP contribution is -2.33. The van der Waals surface area contributed by atoms with E-state index in [1.165, 1.54) is 0 Å². The molecule has 2 atom stereocenters. The van der Waals surface area contributed by atoms with Crippen LogP contribution in [0, 0.1) is 11.8 Å². The van der Waals surface area contributed by atoms with Crippen LogP contribution < -0.4 is 5.32 Å². The van der Waals surface area contributed by atoms with Crippen LogP contribution in [0.25, 0.3) is 0 Å². The van der Waals surface area contributed by atoms with E-state index in [1.807, 2.05) is 6.07 Å². The molecule has 1 aromatic carbocycles. The number of hydrogen-bond acceptors (Lipinski definition) is 3. The van der Waals surface area contributed by atoms with Gasteiger partial charge in [0.25, 0.3) is 5.91 Å². The van der Waals surface area contributed by atoms with Crippen molar-refractivity contribution in [1.29, 1.82) is 0 Å². The molecule has 20 heavy (non-hydrogen) atoms. The van der Waals surface area contributed by atoms with Gasteiger partial charge in [0.15, 0.2) is 0 Å². The van der Waals surface area contributed by atoms with Crippen LogP contribution in [-0.2, 0) is 4.74 Å². The summed E-state index contributed by atoms with van der Waals surface area (Å²) < 4.78 is 5.30. The van der Waals surface area contributed by atoms with Gasteiger partial charge in [-0.2, -0.15) is 0 Å². The predicted molar refractivity (Wildman–Crippen MR) is 76.3 cm³/mol. The Morgan fingerprint density at radius 3 is 3.05 bits per heavy atom. The number of amides is 1.